The molecule has 18 heavy (non-hydrogen) atoms. The van der Waals surface area contributed by atoms with E-state index in [0.717, 1.165) is 5.75 Å². The number of hydrogen-bond donors (Lipinski definition) is 1. The second-order valence-electron chi connectivity index (χ2n) is 4.44. The largest absolute Gasteiger partial charge is 0.487 e. The van der Waals surface area contributed by atoms with Crippen molar-refractivity contribution in [2.75, 3.05) is 19.6 Å². The summed E-state index contributed by atoms with van der Waals surface area (Å²) in [7, 11) is 0. The van der Waals surface area contributed by atoms with Crippen LogP contribution in [0.1, 0.15) is 5.56 Å². The van der Waals surface area contributed by atoms with E-state index in [1.54, 1.807) is 11.0 Å². The minimum atomic E-state index is -0.0565. The lowest BCUT2D eigenvalue weighted by Gasteiger charge is -2.38. The van der Waals surface area contributed by atoms with Gasteiger partial charge in [0.15, 0.2) is 0 Å². The highest BCUT2D eigenvalue weighted by molar-refractivity contribution is 5.75. The van der Waals surface area contributed by atoms with Gasteiger partial charge in [-0.05, 0) is 24.6 Å². The highest BCUT2D eigenvalue weighted by Crippen LogP contribution is 2.19. The molecule has 0 aromatic heterocycles. The van der Waals surface area contributed by atoms with Gasteiger partial charge in [0.2, 0.25) is 0 Å². The number of rotatable bonds is 4. The number of hydrogen-bond acceptors (Lipinski definition) is 2. The van der Waals surface area contributed by atoms with Gasteiger partial charge in [0, 0.05) is 6.54 Å². The monoisotopic (exact) mass is 246 g/mol. The van der Waals surface area contributed by atoms with E-state index in [-0.39, 0.29) is 12.1 Å². The third kappa shape index (κ3) is 3.03. The molecule has 1 saturated heterocycles. The predicted molar refractivity (Wildman–Crippen MR) is 70.8 cm³/mol. The van der Waals surface area contributed by atoms with Crippen LogP contribution in [0.25, 0.3) is 0 Å². The number of aryl methyl sites for hydroxylation is 1. The Hall–Kier alpha value is -1.97. The summed E-state index contributed by atoms with van der Waals surface area (Å²) in [5.74, 6) is 0.867. The topological polar surface area (TPSA) is 41.6 Å². The predicted octanol–water partition coefficient (Wildman–Crippen LogP) is 1.95. The Morgan fingerprint density at radius 1 is 1.61 bits per heavy atom. The molecule has 1 heterocycles. The van der Waals surface area contributed by atoms with E-state index in [1.165, 1.54) is 5.56 Å². The van der Waals surface area contributed by atoms with Gasteiger partial charge in [-0.3, -0.25) is 0 Å². The smallest absolute Gasteiger partial charge is 0.317 e. The Morgan fingerprint density at radius 3 is 3.06 bits per heavy atom. The first-order chi connectivity index (χ1) is 8.69. The van der Waals surface area contributed by atoms with Gasteiger partial charge < -0.3 is 15.0 Å². The van der Waals surface area contributed by atoms with E-state index in [4.69, 9.17) is 4.74 Å². The molecule has 1 aliphatic rings. The number of carbonyl (C=O) groups is 1. The third-order valence-corrected chi connectivity index (χ3v) is 2.83. The summed E-state index contributed by atoms with van der Waals surface area (Å²) >= 11 is 0. The maximum atomic E-state index is 11.5. The molecule has 0 bridgehead atoms. The van der Waals surface area contributed by atoms with Gasteiger partial charge in [0.1, 0.15) is 11.9 Å². The van der Waals surface area contributed by atoms with Crippen molar-refractivity contribution in [2.45, 2.75) is 13.0 Å². The summed E-state index contributed by atoms with van der Waals surface area (Å²) in [6, 6.07) is 7.88. The molecule has 4 nitrogen and oxygen atoms in total. The molecular weight excluding hydrogens is 228 g/mol. The first kappa shape index (κ1) is 12.5. The minimum absolute atomic E-state index is 0.0565. The first-order valence-corrected chi connectivity index (χ1v) is 6.06. The van der Waals surface area contributed by atoms with E-state index in [0.29, 0.717) is 19.6 Å². The van der Waals surface area contributed by atoms with E-state index >= 15 is 0 Å². The number of likely N-dealkylation sites (tertiary alicyclic amines) is 1. The Kier molecular flexibility index (Phi) is 3.87. The van der Waals surface area contributed by atoms with Crippen molar-refractivity contribution < 1.29 is 9.53 Å². The molecule has 96 valence electrons. The zero-order valence-corrected chi connectivity index (χ0v) is 10.6. The van der Waals surface area contributed by atoms with Crippen LogP contribution in [0.5, 0.6) is 5.75 Å². The van der Waals surface area contributed by atoms with Crippen LogP contribution in [-0.2, 0) is 0 Å². The fourth-order valence-electron chi connectivity index (χ4n) is 1.83. The van der Waals surface area contributed by atoms with Gasteiger partial charge in [-0.1, -0.05) is 18.2 Å². The van der Waals surface area contributed by atoms with Crippen molar-refractivity contribution in [1.82, 2.24) is 10.2 Å². The van der Waals surface area contributed by atoms with Crippen LogP contribution in [0.4, 0.5) is 4.79 Å². The van der Waals surface area contributed by atoms with E-state index in [2.05, 4.69) is 11.9 Å². The average molecular weight is 246 g/mol. The zero-order chi connectivity index (χ0) is 13.0. The van der Waals surface area contributed by atoms with Crippen LogP contribution in [0.3, 0.4) is 0 Å². The molecular formula is C14H18N2O2. The van der Waals surface area contributed by atoms with Crippen LogP contribution >= 0.6 is 0 Å². The third-order valence-electron chi connectivity index (χ3n) is 2.83. The van der Waals surface area contributed by atoms with Crippen LogP contribution in [0, 0.1) is 6.92 Å². The van der Waals surface area contributed by atoms with Gasteiger partial charge in [-0.25, -0.2) is 4.79 Å². The Labute approximate surface area is 107 Å². The van der Waals surface area contributed by atoms with E-state index in [1.807, 2.05) is 31.2 Å². The van der Waals surface area contributed by atoms with E-state index in [9.17, 15) is 4.79 Å². The average Bonchev–Trinajstić information content (AvgIpc) is 2.30. The molecule has 1 fully saturated rings. The lowest BCUT2D eigenvalue weighted by molar-refractivity contribution is 0.0448. The van der Waals surface area contributed by atoms with Gasteiger partial charge in [0.25, 0.3) is 0 Å². The maximum absolute atomic E-state index is 11.5. The Balaban J connectivity index is 1.76. The number of carbonyl (C=O) groups excluding carboxylic acids is 1. The molecule has 1 aliphatic heterocycles. The lowest BCUT2D eigenvalue weighted by atomic mass is 10.1. The fraction of sp³-hybridized carbons (Fsp3) is 0.357. The van der Waals surface area contributed by atoms with Crippen LogP contribution < -0.4 is 10.1 Å². The van der Waals surface area contributed by atoms with Crippen molar-refractivity contribution in [2.24, 2.45) is 0 Å². The summed E-state index contributed by atoms with van der Waals surface area (Å²) in [5.41, 5.74) is 1.17. The number of nitrogens with one attached hydrogen (secondary N) is 1. The number of urea groups is 1. The van der Waals surface area contributed by atoms with Gasteiger partial charge in [0.05, 0.1) is 13.1 Å². The van der Waals surface area contributed by atoms with Crippen LogP contribution in [-0.4, -0.2) is 36.7 Å². The number of ether oxygens (including phenoxy) is 1. The molecule has 0 unspecified atom stereocenters. The molecule has 1 aromatic carbocycles. The van der Waals surface area contributed by atoms with Crippen LogP contribution in [0.15, 0.2) is 36.9 Å². The molecule has 2 rings (SSSR count). The normalized spacial score (nSPS) is 14.8. The first-order valence-electron chi connectivity index (χ1n) is 6.06. The standard InChI is InChI=1S/C14H18N2O2/c1-3-7-15-14(17)16-9-13(10-16)18-12-6-4-5-11(2)8-12/h3-6,8,13H,1,7,9-10H2,2H3,(H,15,17). The Bertz CT molecular complexity index is 439. The molecule has 1 aromatic rings. The molecule has 4 heteroatoms. The summed E-state index contributed by atoms with van der Waals surface area (Å²) < 4.78 is 5.77. The highest BCUT2D eigenvalue weighted by atomic mass is 16.5. The van der Waals surface area contributed by atoms with E-state index < -0.39 is 0 Å². The van der Waals surface area contributed by atoms with Crippen molar-refractivity contribution in [3.8, 4) is 5.75 Å². The zero-order valence-electron chi connectivity index (χ0n) is 10.6. The molecule has 0 saturated carbocycles. The van der Waals surface area contributed by atoms with Gasteiger partial charge >= 0.3 is 6.03 Å². The van der Waals surface area contributed by atoms with Crippen LogP contribution in [0.2, 0.25) is 0 Å². The minimum Gasteiger partial charge on any atom is -0.487 e. The summed E-state index contributed by atoms with van der Waals surface area (Å²) in [4.78, 5) is 13.3. The summed E-state index contributed by atoms with van der Waals surface area (Å²) in [5, 5.41) is 2.74. The van der Waals surface area contributed by atoms with Gasteiger partial charge in [-0.15, -0.1) is 6.58 Å². The highest BCUT2D eigenvalue weighted by Gasteiger charge is 2.31. The molecule has 2 amide bonds. The number of amides is 2. The number of benzene rings is 1. The second-order valence-corrected chi connectivity index (χ2v) is 4.44. The van der Waals surface area contributed by atoms with Crippen molar-refractivity contribution in [1.29, 1.82) is 0 Å². The lowest BCUT2D eigenvalue weighted by Crippen LogP contribution is -2.58. The SMILES string of the molecule is C=CCNC(=O)N1CC(Oc2cccc(C)c2)C1. The molecule has 0 aliphatic carbocycles. The maximum Gasteiger partial charge on any atom is 0.317 e. The van der Waals surface area contributed by atoms with Crippen molar-refractivity contribution >= 4 is 6.03 Å². The van der Waals surface area contributed by atoms with Gasteiger partial charge in [-0.2, -0.15) is 0 Å². The molecule has 0 atom stereocenters. The fourth-order valence-corrected chi connectivity index (χ4v) is 1.83. The molecule has 1 N–H and O–H groups in total. The van der Waals surface area contributed by atoms with Crippen molar-refractivity contribution in [3.63, 3.8) is 0 Å². The quantitative estimate of drug-likeness (QED) is 0.825. The summed E-state index contributed by atoms with van der Waals surface area (Å²) in [6.45, 7) is 7.36. The Morgan fingerprint density at radius 2 is 2.39 bits per heavy atom. The molecule has 0 spiro atoms. The number of nitrogens with zero attached hydrogens (tertiary/aromatic N) is 1. The summed E-state index contributed by atoms with van der Waals surface area (Å²) in [6.07, 6.45) is 1.76. The second kappa shape index (κ2) is 5.58. The van der Waals surface area contributed by atoms with Crippen molar-refractivity contribution in [3.05, 3.63) is 42.5 Å². The molecule has 0 radical (unpaired) electrons.